The van der Waals surface area contributed by atoms with E-state index < -0.39 is 0 Å². The Morgan fingerprint density at radius 3 is 2.50 bits per heavy atom. The Kier molecular flexibility index (Phi) is 8.08. The molecule has 3 heteroatoms. The summed E-state index contributed by atoms with van der Waals surface area (Å²) in [5.41, 5.74) is 0. The third kappa shape index (κ3) is 5.01. The highest BCUT2D eigenvalue weighted by molar-refractivity contribution is 4.95. The zero-order chi connectivity index (χ0) is 15.1. The minimum absolute atomic E-state index is 0.580. The summed E-state index contributed by atoms with van der Waals surface area (Å²) in [5.74, 6) is 1.60. The van der Waals surface area contributed by atoms with Crippen LogP contribution in [0.5, 0.6) is 0 Å². The molecule has 3 nitrogen and oxygen atoms in total. The Labute approximate surface area is 126 Å². The van der Waals surface area contributed by atoms with Crippen molar-refractivity contribution in [3.63, 3.8) is 0 Å². The molecule has 20 heavy (non-hydrogen) atoms. The molecule has 1 N–H and O–H groups in total. The van der Waals surface area contributed by atoms with Gasteiger partial charge in [-0.05, 0) is 51.5 Å². The quantitative estimate of drug-likeness (QED) is 0.741. The molecule has 1 saturated carbocycles. The van der Waals surface area contributed by atoms with Crippen LogP contribution >= 0.6 is 0 Å². The Morgan fingerprint density at radius 2 is 1.95 bits per heavy atom. The lowest BCUT2D eigenvalue weighted by Crippen LogP contribution is -2.59. The fourth-order valence-corrected chi connectivity index (χ4v) is 3.88. The Morgan fingerprint density at radius 1 is 1.25 bits per heavy atom. The van der Waals surface area contributed by atoms with Crippen molar-refractivity contribution in [1.29, 1.82) is 0 Å². The molecule has 4 atom stereocenters. The van der Waals surface area contributed by atoms with Crippen molar-refractivity contribution in [1.82, 2.24) is 10.2 Å². The van der Waals surface area contributed by atoms with E-state index in [4.69, 9.17) is 4.74 Å². The molecule has 0 aromatic rings. The lowest BCUT2D eigenvalue weighted by molar-refractivity contribution is 0.0218. The van der Waals surface area contributed by atoms with Gasteiger partial charge in [-0.25, -0.2) is 0 Å². The number of nitrogens with zero attached hydrogens (tertiary/aromatic N) is 1. The van der Waals surface area contributed by atoms with Crippen molar-refractivity contribution < 1.29 is 4.74 Å². The van der Waals surface area contributed by atoms with Crippen molar-refractivity contribution in [3.05, 3.63) is 0 Å². The van der Waals surface area contributed by atoms with E-state index in [0.717, 1.165) is 31.5 Å². The van der Waals surface area contributed by atoms with Crippen molar-refractivity contribution >= 4 is 0 Å². The molecule has 1 aliphatic rings. The molecule has 0 bridgehead atoms. The largest absolute Gasteiger partial charge is 0.383 e. The number of hydrogen-bond acceptors (Lipinski definition) is 3. The summed E-state index contributed by atoms with van der Waals surface area (Å²) in [7, 11) is 1.80. The minimum atomic E-state index is 0.580. The Hall–Kier alpha value is -0.120. The van der Waals surface area contributed by atoms with Crippen LogP contribution in [0.15, 0.2) is 0 Å². The number of rotatable bonds is 8. The summed E-state index contributed by atoms with van der Waals surface area (Å²) >= 11 is 0. The third-order valence-corrected chi connectivity index (χ3v) is 4.68. The highest BCUT2D eigenvalue weighted by atomic mass is 16.5. The summed E-state index contributed by atoms with van der Waals surface area (Å²) in [4.78, 5) is 2.66. The molecule has 0 aliphatic heterocycles. The minimum Gasteiger partial charge on any atom is -0.383 e. The van der Waals surface area contributed by atoms with E-state index in [1.807, 2.05) is 0 Å². The van der Waals surface area contributed by atoms with E-state index in [9.17, 15) is 0 Å². The standard InChI is InChI=1S/C17H36N2O/c1-7-8-18-16-12-14(4)11-15(5)17(16)19(13(2)3)9-10-20-6/h13-18H,7-12H2,1-6H3. The predicted molar refractivity (Wildman–Crippen MR) is 87.1 cm³/mol. The topological polar surface area (TPSA) is 24.5 Å². The van der Waals surface area contributed by atoms with Gasteiger partial charge >= 0.3 is 0 Å². The van der Waals surface area contributed by atoms with Crippen molar-refractivity contribution in [2.45, 2.75) is 72.0 Å². The van der Waals surface area contributed by atoms with Crippen LogP contribution in [0.1, 0.15) is 53.9 Å². The first-order valence-electron chi connectivity index (χ1n) is 8.49. The second-order valence-electron chi connectivity index (χ2n) is 6.93. The maximum absolute atomic E-state index is 5.32. The molecule has 0 aromatic heterocycles. The van der Waals surface area contributed by atoms with Gasteiger partial charge in [-0.15, -0.1) is 0 Å². The van der Waals surface area contributed by atoms with Gasteiger partial charge in [-0.2, -0.15) is 0 Å². The van der Waals surface area contributed by atoms with Crippen LogP contribution < -0.4 is 5.32 Å². The molecule has 0 aromatic carbocycles. The molecule has 0 saturated heterocycles. The van der Waals surface area contributed by atoms with E-state index in [0.29, 0.717) is 18.1 Å². The molecule has 4 unspecified atom stereocenters. The van der Waals surface area contributed by atoms with E-state index in [-0.39, 0.29) is 0 Å². The zero-order valence-electron chi connectivity index (χ0n) is 14.5. The number of nitrogens with one attached hydrogen (secondary N) is 1. The molecule has 1 rings (SSSR count). The van der Waals surface area contributed by atoms with Gasteiger partial charge in [0.15, 0.2) is 0 Å². The van der Waals surface area contributed by atoms with E-state index in [2.05, 4.69) is 44.8 Å². The summed E-state index contributed by atoms with van der Waals surface area (Å²) in [6, 6.07) is 1.86. The van der Waals surface area contributed by atoms with Gasteiger partial charge in [0, 0.05) is 31.8 Å². The summed E-state index contributed by atoms with van der Waals surface area (Å²) < 4.78 is 5.32. The monoisotopic (exact) mass is 284 g/mol. The van der Waals surface area contributed by atoms with E-state index in [1.165, 1.54) is 19.3 Å². The molecule has 0 radical (unpaired) electrons. The number of hydrogen-bond donors (Lipinski definition) is 1. The van der Waals surface area contributed by atoms with Gasteiger partial charge in [-0.3, -0.25) is 4.90 Å². The zero-order valence-corrected chi connectivity index (χ0v) is 14.5. The normalized spacial score (nSPS) is 31.2. The molecule has 1 aliphatic carbocycles. The van der Waals surface area contributed by atoms with Gasteiger partial charge in [0.05, 0.1) is 6.61 Å². The molecular weight excluding hydrogens is 248 g/mol. The van der Waals surface area contributed by atoms with Gasteiger partial charge in [0.25, 0.3) is 0 Å². The predicted octanol–water partition coefficient (Wildman–Crippen LogP) is 3.15. The van der Waals surface area contributed by atoms with E-state index >= 15 is 0 Å². The fraction of sp³-hybridized carbons (Fsp3) is 1.00. The Bertz CT molecular complexity index is 257. The fourth-order valence-electron chi connectivity index (χ4n) is 3.88. The maximum Gasteiger partial charge on any atom is 0.0589 e. The summed E-state index contributed by atoms with van der Waals surface area (Å²) in [5, 5.41) is 3.81. The third-order valence-electron chi connectivity index (χ3n) is 4.68. The average molecular weight is 284 g/mol. The van der Waals surface area contributed by atoms with Gasteiger partial charge in [0.2, 0.25) is 0 Å². The van der Waals surface area contributed by atoms with Crippen LogP contribution in [-0.4, -0.2) is 49.8 Å². The van der Waals surface area contributed by atoms with Crippen molar-refractivity contribution in [2.75, 3.05) is 26.8 Å². The van der Waals surface area contributed by atoms with Gasteiger partial charge < -0.3 is 10.1 Å². The van der Waals surface area contributed by atoms with Crippen LogP contribution in [0, 0.1) is 11.8 Å². The lowest BCUT2D eigenvalue weighted by atomic mass is 9.75. The highest BCUT2D eigenvalue weighted by Gasteiger charge is 2.38. The van der Waals surface area contributed by atoms with Crippen LogP contribution in [-0.2, 0) is 4.74 Å². The van der Waals surface area contributed by atoms with Crippen LogP contribution in [0.4, 0.5) is 0 Å². The van der Waals surface area contributed by atoms with Crippen molar-refractivity contribution in [3.8, 4) is 0 Å². The molecule has 0 amide bonds. The van der Waals surface area contributed by atoms with Crippen LogP contribution in [0.2, 0.25) is 0 Å². The highest BCUT2D eigenvalue weighted by Crippen LogP contribution is 2.33. The molecular formula is C17H36N2O. The lowest BCUT2D eigenvalue weighted by Gasteiger charge is -2.47. The molecule has 1 fully saturated rings. The first-order valence-corrected chi connectivity index (χ1v) is 8.49. The average Bonchev–Trinajstić information content (AvgIpc) is 2.38. The number of ether oxygens (including phenoxy) is 1. The van der Waals surface area contributed by atoms with Crippen molar-refractivity contribution in [2.24, 2.45) is 11.8 Å². The van der Waals surface area contributed by atoms with Gasteiger partial charge in [-0.1, -0.05) is 20.8 Å². The maximum atomic E-state index is 5.32. The van der Waals surface area contributed by atoms with Crippen LogP contribution in [0.3, 0.4) is 0 Å². The van der Waals surface area contributed by atoms with Crippen LogP contribution in [0.25, 0.3) is 0 Å². The Balaban J connectivity index is 2.80. The van der Waals surface area contributed by atoms with E-state index in [1.54, 1.807) is 7.11 Å². The first-order chi connectivity index (χ1) is 9.51. The summed E-state index contributed by atoms with van der Waals surface area (Å²) in [6.07, 6.45) is 3.88. The van der Waals surface area contributed by atoms with Gasteiger partial charge in [0.1, 0.15) is 0 Å². The second kappa shape index (κ2) is 9.01. The second-order valence-corrected chi connectivity index (χ2v) is 6.93. The SMILES string of the molecule is CCCNC1CC(C)CC(C)C1N(CCOC)C(C)C. The number of methoxy groups -OCH3 is 1. The summed E-state index contributed by atoms with van der Waals surface area (Å²) in [6.45, 7) is 14.7. The first kappa shape index (κ1) is 17.9. The molecule has 0 spiro atoms. The smallest absolute Gasteiger partial charge is 0.0589 e. The molecule has 120 valence electrons. The molecule has 0 heterocycles.